The molecule has 0 saturated heterocycles. The molecule has 0 aliphatic rings. The fourth-order valence-corrected chi connectivity index (χ4v) is 0.789. The number of rotatable bonds is 1. The zero-order chi connectivity index (χ0) is 4.99. The number of hydrogen-bond donors (Lipinski definition) is 0. The average molecular weight is 97.8 g/mol. The zero-order valence-corrected chi connectivity index (χ0v) is 5.09. The van der Waals surface area contributed by atoms with Gasteiger partial charge < -0.3 is 0 Å². The summed E-state index contributed by atoms with van der Waals surface area (Å²) < 4.78 is 0. The first-order chi connectivity index (χ1) is 2.77. The fourth-order valence-electron chi connectivity index (χ4n) is 0.263. The third kappa shape index (κ3) is 4.48. The number of hydrogen-bond acceptors (Lipinski definition) is 0. The first kappa shape index (κ1) is 6.48. The second-order valence-electron chi connectivity index (χ2n) is 1.18. The van der Waals surface area contributed by atoms with Crippen LogP contribution in [0.2, 0.25) is 6.32 Å². The van der Waals surface area contributed by atoms with Crippen LogP contribution in [0.3, 0.4) is 0 Å². The van der Waals surface area contributed by atoms with Gasteiger partial charge >= 0.3 is 43.0 Å². The molecular formula is C3H8B2S. The Labute approximate surface area is 43.7 Å². The molecule has 0 aliphatic carbocycles. The summed E-state index contributed by atoms with van der Waals surface area (Å²) in [5, 5.41) is 0. The van der Waals surface area contributed by atoms with Crippen molar-refractivity contribution >= 4 is 23.5 Å². The molecule has 0 nitrogen and oxygen atoms in total. The van der Waals surface area contributed by atoms with Crippen LogP contribution in [0.15, 0.2) is 0 Å². The second-order valence-corrected chi connectivity index (χ2v) is 2.73. The molecule has 0 rings (SSSR count). The van der Waals surface area contributed by atoms with Crippen LogP contribution in [-0.4, -0.2) is 19.5 Å². The summed E-state index contributed by atoms with van der Waals surface area (Å²) in [6.45, 7) is 2.09. The minimum absolute atomic E-state index is 0.0594. The summed E-state index contributed by atoms with van der Waals surface area (Å²) in [6.07, 6.45) is 5.19. The van der Waals surface area contributed by atoms with Gasteiger partial charge in [-0.2, -0.15) is 0 Å². The molecular weight excluding hydrogens is 89.7 g/mol. The molecule has 0 saturated carbocycles. The third-order valence-corrected chi connectivity index (χ3v) is 1.29. The van der Waals surface area contributed by atoms with Crippen LogP contribution in [0.25, 0.3) is 0 Å². The van der Waals surface area contributed by atoms with Gasteiger partial charge in [0.05, 0.1) is 0 Å². The first-order valence-electron chi connectivity index (χ1n) is 2.00. The van der Waals surface area contributed by atoms with E-state index in [2.05, 4.69) is 13.1 Å². The predicted molar refractivity (Wildman–Crippen MR) is 35.5 cm³/mol. The molecule has 0 spiro atoms. The Balaban J connectivity index is 3.14. The monoisotopic (exact) mass is 98.1 g/mol. The Morgan fingerprint density at radius 2 is 2.33 bits per heavy atom. The summed E-state index contributed by atoms with van der Waals surface area (Å²) >= 11 is 0. The van der Waals surface area contributed by atoms with E-state index in [0.717, 1.165) is 6.32 Å². The van der Waals surface area contributed by atoms with E-state index in [1.54, 1.807) is 0 Å². The van der Waals surface area contributed by atoms with Crippen LogP contribution in [0.4, 0.5) is 0 Å². The molecule has 0 aromatic rings. The van der Waals surface area contributed by atoms with Crippen molar-refractivity contribution in [1.82, 2.24) is 0 Å². The van der Waals surface area contributed by atoms with Crippen LogP contribution in [0.1, 0.15) is 6.92 Å². The van der Waals surface area contributed by atoms with Crippen molar-refractivity contribution in [2.24, 2.45) is 0 Å². The Hall–Kier alpha value is 0.480. The van der Waals surface area contributed by atoms with Crippen molar-refractivity contribution < 1.29 is 0 Å². The van der Waals surface area contributed by atoms with Gasteiger partial charge in [-0.1, -0.05) is 0 Å². The molecule has 0 bridgehead atoms. The van der Waals surface area contributed by atoms with Crippen LogP contribution in [0.5, 0.6) is 0 Å². The zero-order valence-electron chi connectivity index (χ0n) is 4.27. The summed E-state index contributed by atoms with van der Waals surface area (Å²) in [5.41, 5.74) is 0. The van der Waals surface area contributed by atoms with Gasteiger partial charge in [-0.15, -0.1) is 0 Å². The molecule has 1 atom stereocenters. The quantitative estimate of drug-likeness (QED) is 0.429. The third-order valence-electron chi connectivity index (χ3n) is 0.430. The molecule has 2 radical (unpaired) electrons. The summed E-state index contributed by atoms with van der Waals surface area (Å²) in [5.74, 6) is 0. The van der Waals surface area contributed by atoms with E-state index in [1.165, 1.54) is 0 Å². The summed E-state index contributed by atoms with van der Waals surface area (Å²) in [6, 6.07) is 0. The van der Waals surface area contributed by atoms with Gasteiger partial charge in [0.2, 0.25) is 0 Å². The molecule has 6 heavy (non-hydrogen) atoms. The normalized spacial score (nSPS) is 13.7. The predicted octanol–water partition coefficient (Wildman–Crippen LogP) is 1.03. The van der Waals surface area contributed by atoms with Crippen LogP contribution >= 0.6 is 10.2 Å². The Kier molecular flexibility index (Phi) is 3.96. The molecule has 1 unspecified atom stereocenters. The van der Waals surface area contributed by atoms with E-state index in [0.29, 0.717) is 0 Å². The van der Waals surface area contributed by atoms with Crippen molar-refractivity contribution in [3.05, 3.63) is 0 Å². The SMILES string of the molecule is [B]S(C)=BCC. The molecule has 0 N–H and O–H groups in total. The van der Waals surface area contributed by atoms with Gasteiger partial charge in [0, 0.05) is 0 Å². The summed E-state index contributed by atoms with van der Waals surface area (Å²) in [4.78, 5) is 0. The molecule has 32 valence electrons. The van der Waals surface area contributed by atoms with Crippen LogP contribution in [0, 0.1) is 0 Å². The van der Waals surface area contributed by atoms with Crippen molar-refractivity contribution in [2.75, 3.05) is 6.26 Å². The molecule has 0 aromatic carbocycles. The maximum atomic E-state index is 5.38. The standard InChI is InChI=1S/C3H8B2S/c1-3-5-6(2)4/h3H2,1-2H3. The second kappa shape index (κ2) is 3.66. The van der Waals surface area contributed by atoms with E-state index < -0.39 is 0 Å². The van der Waals surface area contributed by atoms with Gasteiger partial charge in [-0.3, -0.25) is 0 Å². The first-order valence-corrected chi connectivity index (χ1v) is 3.75. The van der Waals surface area contributed by atoms with Gasteiger partial charge in [-0.25, -0.2) is 0 Å². The minimum atomic E-state index is 0.0594. The maximum absolute atomic E-state index is 5.38. The van der Waals surface area contributed by atoms with Crippen molar-refractivity contribution in [1.29, 1.82) is 0 Å². The fraction of sp³-hybridized carbons (Fsp3) is 1.00. The Morgan fingerprint density at radius 1 is 1.83 bits per heavy atom. The van der Waals surface area contributed by atoms with Gasteiger partial charge in [0.1, 0.15) is 0 Å². The van der Waals surface area contributed by atoms with Gasteiger partial charge in [0.15, 0.2) is 0 Å². The van der Waals surface area contributed by atoms with Crippen molar-refractivity contribution in [3.63, 3.8) is 0 Å². The van der Waals surface area contributed by atoms with Crippen molar-refractivity contribution in [2.45, 2.75) is 13.2 Å². The van der Waals surface area contributed by atoms with Crippen LogP contribution in [-0.2, 0) is 0 Å². The summed E-state index contributed by atoms with van der Waals surface area (Å²) in [7, 11) is 5.43. The molecule has 0 heterocycles. The van der Waals surface area contributed by atoms with Crippen molar-refractivity contribution in [3.8, 4) is 0 Å². The topological polar surface area (TPSA) is 0 Å². The Bertz CT molecular complexity index is 55.8. The Morgan fingerprint density at radius 3 is 2.33 bits per heavy atom. The van der Waals surface area contributed by atoms with Gasteiger partial charge in [-0.05, 0) is 0 Å². The van der Waals surface area contributed by atoms with E-state index in [-0.39, 0.29) is 10.2 Å². The molecule has 3 heteroatoms. The van der Waals surface area contributed by atoms with E-state index in [9.17, 15) is 0 Å². The molecule has 0 amide bonds. The van der Waals surface area contributed by atoms with Crippen LogP contribution < -0.4 is 0 Å². The molecule has 0 aromatic heterocycles. The molecule has 0 fully saturated rings. The van der Waals surface area contributed by atoms with E-state index in [4.69, 9.17) is 7.12 Å². The van der Waals surface area contributed by atoms with E-state index >= 15 is 0 Å². The molecule has 0 aliphatic heterocycles. The van der Waals surface area contributed by atoms with E-state index in [1.807, 2.05) is 6.26 Å². The van der Waals surface area contributed by atoms with Gasteiger partial charge in [0.25, 0.3) is 0 Å². The average Bonchev–Trinajstić information content (AvgIpc) is 1.35.